The Morgan fingerprint density at radius 3 is 2.35 bits per heavy atom. The second kappa shape index (κ2) is 4.82. The number of benzene rings is 2. The zero-order chi connectivity index (χ0) is 13.5. The molecule has 0 aliphatic carbocycles. The van der Waals surface area contributed by atoms with Gasteiger partial charge >= 0.3 is 132 Å². The first-order valence-electron chi connectivity index (χ1n) is 6.20. The molecular formula is C16H9ClIN2-. The Morgan fingerprint density at radius 2 is 1.50 bits per heavy atom. The van der Waals surface area contributed by atoms with Crippen molar-refractivity contribution in [2.75, 3.05) is 0 Å². The Hall–Kier alpha value is -1.46. The van der Waals surface area contributed by atoms with E-state index in [9.17, 15) is 0 Å². The van der Waals surface area contributed by atoms with Crippen molar-refractivity contribution in [2.24, 2.45) is 0 Å². The summed E-state index contributed by atoms with van der Waals surface area (Å²) >= 11 is 5.89. The van der Waals surface area contributed by atoms with Gasteiger partial charge in [-0.15, -0.1) is 0 Å². The van der Waals surface area contributed by atoms with Crippen molar-refractivity contribution >= 4 is 11.6 Å². The summed E-state index contributed by atoms with van der Waals surface area (Å²) in [5.74, 6) is 0. The molecule has 4 rings (SSSR count). The quantitative estimate of drug-likeness (QED) is 0.356. The molecular weight excluding hydrogens is 383 g/mol. The van der Waals surface area contributed by atoms with Crippen LogP contribution in [0.4, 0.5) is 0 Å². The molecule has 0 bridgehead atoms. The molecule has 2 nitrogen and oxygen atoms in total. The van der Waals surface area contributed by atoms with Crippen LogP contribution in [0.5, 0.6) is 0 Å². The second-order valence-corrected chi connectivity index (χ2v) is 7.56. The Labute approximate surface area is 132 Å². The van der Waals surface area contributed by atoms with E-state index in [1.807, 2.05) is 18.2 Å². The van der Waals surface area contributed by atoms with E-state index < -0.39 is 0 Å². The van der Waals surface area contributed by atoms with Crippen molar-refractivity contribution < 1.29 is 21.2 Å². The van der Waals surface area contributed by atoms with Gasteiger partial charge in [0.2, 0.25) is 0 Å². The van der Waals surface area contributed by atoms with Crippen molar-refractivity contribution in [1.82, 2.24) is 9.97 Å². The molecule has 2 heterocycles. The average Bonchev–Trinajstić information content (AvgIpc) is 2.86. The van der Waals surface area contributed by atoms with Crippen LogP contribution in [0.3, 0.4) is 0 Å². The molecule has 0 N–H and O–H groups in total. The topological polar surface area (TPSA) is 25.8 Å². The molecule has 0 spiro atoms. The molecule has 3 aromatic rings. The van der Waals surface area contributed by atoms with Crippen LogP contribution in [0.2, 0.25) is 5.28 Å². The van der Waals surface area contributed by atoms with Gasteiger partial charge in [0.15, 0.2) is 0 Å². The number of nitrogens with zero attached hydrogens (tertiary/aromatic N) is 2. The average molecular weight is 392 g/mol. The molecule has 0 unspecified atom stereocenters. The molecule has 1 aliphatic rings. The molecule has 0 amide bonds. The van der Waals surface area contributed by atoms with Crippen molar-refractivity contribution in [3.8, 4) is 22.5 Å². The summed E-state index contributed by atoms with van der Waals surface area (Å²) in [5.41, 5.74) is 4.34. The van der Waals surface area contributed by atoms with Gasteiger partial charge in [0.1, 0.15) is 0 Å². The third-order valence-corrected chi connectivity index (χ3v) is 6.45. The molecule has 0 atom stereocenters. The van der Waals surface area contributed by atoms with Crippen molar-refractivity contribution in [2.45, 2.75) is 0 Å². The van der Waals surface area contributed by atoms with E-state index in [4.69, 9.17) is 11.6 Å². The first kappa shape index (κ1) is 12.3. The minimum absolute atomic E-state index is 0.241. The van der Waals surface area contributed by atoms with Crippen LogP contribution in [-0.2, 0) is 0 Å². The third kappa shape index (κ3) is 1.93. The Balaban J connectivity index is 1.99. The van der Waals surface area contributed by atoms with Crippen LogP contribution in [0, 0.1) is 7.14 Å². The van der Waals surface area contributed by atoms with Gasteiger partial charge in [0.05, 0.1) is 0 Å². The van der Waals surface area contributed by atoms with Crippen molar-refractivity contribution in [3.63, 3.8) is 0 Å². The van der Waals surface area contributed by atoms with Crippen LogP contribution in [0.1, 0.15) is 0 Å². The molecule has 0 saturated carbocycles. The van der Waals surface area contributed by atoms with Crippen LogP contribution >= 0.6 is 11.6 Å². The summed E-state index contributed by atoms with van der Waals surface area (Å²) in [6, 6.07) is 18.7. The number of hydrogen-bond acceptors (Lipinski definition) is 2. The minimum atomic E-state index is -0.241. The standard InChI is InChI=1S/C16H9ClIN2/c17-16-19-14(10-6-2-1-3-7-10)13-15(20-16)11-8-4-5-9-12(11)18-13/h1-9H/q-1. The number of fused-ring (bicyclic) bond motifs is 3. The second-order valence-electron chi connectivity index (χ2n) is 4.44. The third-order valence-electron chi connectivity index (χ3n) is 3.20. The first-order valence-corrected chi connectivity index (χ1v) is 8.73. The monoisotopic (exact) mass is 391 g/mol. The van der Waals surface area contributed by atoms with Crippen molar-refractivity contribution in [1.29, 1.82) is 0 Å². The Morgan fingerprint density at radius 1 is 0.800 bits per heavy atom. The molecule has 0 fully saturated rings. The van der Waals surface area contributed by atoms with Gasteiger partial charge in [-0.3, -0.25) is 0 Å². The molecule has 0 radical (unpaired) electrons. The molecule has 1 aliphatic heterocycles. The van der Waals surface area contributed by atoms with E-state index in [1.165, 1.54) is 12.7 Å². The number of hydrogen-bond donors (Lipinski definition) is 0. The predicted octanol–water partition coefficient (Wildman–Crippen LogP) is 0.906. The van der Waals surface area contributed by atoms with Gasteiger partial charge < -0.3 is 0 Å². The van der Waals surface area contributed by atoms with E-state index in [0.717, 1.165) is 17.0 Å². The molecule has 20 heavy (non-hydrogen) atoms. The van der Waals surface area contributed by atoms with Crippen LogP contribution < -0.4 is 21.2 Å². The molecule has 0 saturated heterocycles. The van der Waals surface area contributed by atoms with Crippen LogP contribution in [0.25, 0.3) is 22.5 Å². The van der Waals surface area contributed by atoms with E-state index in [0.29, 0.717) is 5.28 Å². The van der Waals surface area contributed by atoms with Gasteiger partial charge in [-0.25, -0.2) is 0 Å². The molecule has 1 aromatic heterocycles. The summed E-state index contributed by atoms with van der Waals surface area (Å²) in [4.78, 5) is 8.94. The fraction of sp³-hybridized carbons (Fsp3) is 0. The van der Waals surface area contributed by atoms with Gasteiger partial charge in [-0.2, -0.15) is 0 Å². The summed E-state index contributed by atoms with van der Waals surface area (Å²) in [6.07, 6.45) is 0. The predicted molar refractivity (Wildman–Crippen MR) is 75.3 cm³/mol. The normalized spacial score (nSPS) is 12.4. The fourth-order valence-corrected chi connectivity index (χ4v) is 5.53. The molecule has 98 valence electrons. The van der Waals surface area contributed by atoms with E-state index in [2.05, 4.69) is 46.4 Å². The Bertz CT molecular complexity index is 803. The summed E-state index contributed by atoms with van der Waals surface area (Å²) < 4.78 is 2.68. The number of halogens is 2. The number of rotatable bonds is 1. The molecule has 4 heteroatoms. The summed E-state index contributed by atoms with van der Waals surface area (Å²) in [6.45, 7) is 0. The van der Waals surface area contributed by atoms with E-state index in [-0.39, 0.29) is 21.2 Å². The SMILES string of the molecule is Clc1nc(-c2ccccc2)c2c(n1)-c1ccccc1[I-]2. The van der Waals surface area contributed by atoms with Gasteiger partial charge in [-0.05, 0) is 0 Å². The summed E-state index contributed by atoms with van der Waals surface area (Å²) in [5, 5.41) is 0.323. The Kier molecular flexibility index (Phi) is 2.97. The van der Waals surface area contributed by atoms with E-state index in [1.54, 1.807) is 0 Å². The van der Waals surface area contributed by atoms with Crippen LogP contribution in [-0.4, -0.2) is 9.97 Å². The fourth-order valence-electron chi connectivity index (χ4n) is 2.31. The maximum atomic E-state index is 6.13. The number of aromatic nitrogens is 2. The zero-order valence-corrected chi connectivity index (χ0v) is 13.3. The maximum absolute atomic E-state index is 6.13. The van der Waals surface area contributed by atoms with Crippen molar-refractivity contribution in [3.05, 3.63) is 67.0 Å². The van der Waals surface area contributed by atoms with E-state index >= 15 is 0 Å². The first-order chi connectivity index (χ1) is 9.83. The van der Waals surface area contributed by atoms with Gasteiger partial charge in [0.25, 0.3) is 0 Å². The van der Waals surface area contributed by atoms with Gasteiger partial charge in [-0.1, -0.05) is 0 Å². The van der Waals surface area contributed by atoms with Crippen LogP contribution in [0.15, 0.2) is 54.6 Å². The van der Waals surface area contributed by atoms with Gasteiger partial charge in [0, 0.05) is 0 Å². The molecule has 2 aromatic carbocycles. The summed E-state index contributed by atoms with van der Waals surface area (Å²) in [7, 11) is 0. The zero-order valence-electron chi connectivity index (χ0n) is 10.3.